The van der Waals surface area contributed by atoms with Crippen LogP contribution in [0.1, 0.15) is 26.5 Å². The zero-order chi connectivity index (χ0) is 17.1. The van der Waals surface area contributed by atoms with Crippen LogP contribution in [-0.4, -0.2) is 54.9 Å². The Morgan fingerprint density at radius 3 is 2.04 bits per heavy atom. The van der Waals surface area contributed by atoms with Gasteiger partial charge in [0, 0.05) is 37.3 Å². The maximum Gasteiger partial charge on any atom is 0.289 e. The lowest BCUT2D eigenvalue weighted by Crippen LogP contribution is -2.50. The summed E-state index contributed by atoms with van der Waals surface area (Å²) in [6.07, 6.45) is 1.52. The van der Waals surface area contributed by atoms with Crippen molar-refractivity contribution >= 4 is 11.8 Å². The third-order valence-corrected chi connectivity index (χ3v) is 4.25. The van der Waals surface area contributed by atoms with Crippen molar-refractivity contribution in [2.45, 2.75) is 6.92 Å². The Labute approximate surface area is 140 Å². The van der Waals surface area contributed by atoms with Gasteiger partial charge in [0.2, 0.25) is 0 Å². The molecule has 1 aliphatic heterocycles. The number of carbonyl (C=O) groups is 2. The van der Waals surface area contributed by atoms with E-state index >= 15 is 0 Å². The number of piperazine rings is 1. The second kappa shape index (κ2) is 6.78. The molecule has 2 aromatic rings. The lowest BCUT2D eigenvalue weighted by Gasteiger charge is -2.34. The maximum atomic E-state index is 12.5. The molecular formula is C18H20N2O4. The van der Waals surface area contributed by atoms with Crippen molar-refractivity contribution < 1.29 is 18.7 Å². The Balaban J connectivity index is 1.61. The minimum Gasteiger partial charge on any atom is -0.497 e. The van der Waals surface area contributed by atoms with Gasteiger partial charge >= 0.3 is 0 Å². The van der Waals surface area contributed by atoms with Crippen LogP contribution in [0, 0.1) is 6.92 Å². The van der Waals surface area contributed by atoms with Gasteiger partial charge < -0.3 is 19.0 Å². The van der Waals surface area contributed by atoms with Crippen molar-refractivity contribution in [3.05, 3.63) is 53.5 Å². The van der Waals surface area contributed by atoms with E-state index in [1.807, 2.05) is 6.92 Å². The van der Waals surface area contributed by atoms with E-state index in [2.05, 4.69) is 0 Å². The fraction of sp³-hybridized carbons (Fsp3) is 0.333. The normalized spacial score (nSPS) is 14.6. The van der Waals surface area contributed by atoms with Crippen LogP contribution in [0.3, 0.4) is 0 Å². The van der Waals surface area contributed by atoms with Gasteiger partial charge in [-0.3, -0.25) is 9.59 Å². The maximum absolute atomic E-state index is 12.5. The van der Waals surface area contributed by atoms with Gasteiger partial charge in [0.25, 0.3) is 11.8 Å². The number of hydrogen-bond donors (Lipinski definition) is 0. The number of benzene rings is 1. The molecule has 1 aliphatic rings. The molecule has 1 aromatic heterocycles. The van der Waals surface area contributed by atoms with Crippen LogP contribution < -0.4 is 4.74 Å². The van der Waals surface area contributed by atoms with E-state index in [0.29, 0.717) is 37.5 Å². The zero-order valence-electron chi connectivity index (χ0n) is 13.8. The molecule has 6 nitrogen and oxygen atoms in total. The summed E-state index contributed by atoms with van der Waals surface area (Å²) < 4.78 is 10.4. The molecule has 0 unspecified atom stereocenters. The van der Waals surface area contributed by atoms with Crippen molar-refractivity contribution in [1.29, 1.82) is 0 Å². The average Bonchev–Trinajstić information content (AvgIpc) is 3.06. The number of carbonyl (C=O) groups excluding carboxylic acids is 2. The largest absolute Gasteiger partial charge is 0.497 e. The van der Waals surface area contributed by atoms with E-state index in [1.54, 1.807) is 47.2 Å². The molecule has 0 radical (unpaired) electrons. The summed E-state index contributed by atoms with van der Waals surface area (Å²) in [6.45, 7) is 3.87. The van der Waals surface area contributed by atoms with Gasteiger partial charge in [-0.1, -0.05) is 0 Å². The van der Waals surface area contributed by atoms with Crippen LogP contribution in [-0.2, 0) is 0 Å². The quantitative estimate of drug-likeness (QED) is 0.866. The average molecular weight is 328 g/mol. The lowest BCUT2D eigenvalue weighted by atomic mass is 10.1. The summed E-state index contributed by atoms with van der Waals surface area (Å²) in [6, 6.07) is 8.83. The summed E-state index contributed by atoms with van der Waals surface area (Å²) in [5, 5.41) is 0. The summed E-state index contributed by atoms with van der Waals surface area (Å²) in [4.78, 5) is 28.4. The van der Waals surface area contributed by atoms with Gasteiger partial charge in [-0.15, -0.1) is 0 Å². The molecule has 2 amide bonds. The summed E-state index contributed by atoms with van der Waals surface area (Å²) in [5.74, 6) is 0.952. The SMILES string of the molecule is COc1ccc(C(=O)N2CCN(C(=O)c3occc3C)CC2)cc1. The first kappa shape index (κ1) is 16.1. The third-order valence-electron chi connectivity index (χ3n) is 4.25. The molecule has 1 saturated heterocycles. The van der Waals surface area contributed by atoms with Crippen molar-refractivity contribution in [3.8, 4) is 5.75 Å². The fourth-order valence-corrected chi connectivity index (χ4v) is 2.76. The van der Waals surface area contributed by atoms with Gasteiger partial charge in [0.15, 0.2) is 5.76 Å². The van der Waals surface area contributed by atoms with E-state index in [-0.39, 0.29) is 11.8 Å². The van der Waals surface area contributed by atoms with Gasteiger partial charge in [0.05, 0.1) is 13.4 Å². The molecule has 0 aliphatic carbocycles. The van der Waals surface area contributed by atoms with E-state index in [0.717, 1.165) is 11.3 Å². The highest BCUT2D eigenvalue weighted by Gasteiger charge is 2.27. The Bertz CT molecular complexity index is 728. The molecule has 1 aromatic carbocycles. The second-order valence-electron chi connectivity index (χ2n) is 5.75. The Kier molecular flexibility index (Phi) is 4.55. The van der Waals surface area contributed by atoms with Crippen molar-refractivity contribution in [1.82, 2.24) is 9.80 Å². The highest BCUT2D eigenvalue weighted by atomic mass is 16.5. The van der Waals surface area contributed by atoms with Crippen molar-refractivity contribution in [2.24, 2.45) is 0 Å². The number of rotatable bonds is 3. The monoisotopic (exact) mass is 328 g/mol. The Morgan fingerprint density at radius 2 is 1.54 bits per heavy atom. The van der Waals surface area contributed by atoms with Crippen LogP contribution in [0.15, 0.2) is 41.0 Å². The molecule has 3 rings (SSSR count). The number of amides is 2. The van der Waals surface area contributed by atoms with E-state index in [1.165, 1.54) is 6.26 Å². The van der Waals surface area contributed by atoms with Gasteiger partial charge in [-0.2, -0.15) is 0 Å². The van der Waals surface area contributed by atoms with Crippen molar-refractivity contribution in [3.63, 3.8) is 0 Å². The number of methoxy groups -OCH3 is 1. The molecule has 24 heavy (non-hydrogen) atoms. The molecule has 2 heterocycles. The summed E-state index contributed by atoms with van der Waals surface area (Å²) in [5.41, 5.74) is 1.45. The highest BCUT2D eigenvalue weighted by molar-refractivity contribution is 5.95. The van der Waals surface area contributed by atoms with Crippen LogP contribution in [0.2, 0.25) is 0 Å². The van der Waals surface area contributed by atoms with Gasteiger partial charge in [-0.25, -0.2) is 0 Å². The van der Waals surface area contributed by atoms with E-state index in [9.17, 15) is 9.59 Å². The van der Waals surface area contributed by atoms with Gasteiger partial charge in [-0.05, 0) is 37.3 Å². The van der Waals surface area contributed by atoms with Crippen LogP contribution in [0.4, 0.5) is 0 Å². The fourth-order valence-electron chi connectivity index (χ4n) is 2.76. The predicted octanol–water partition coefficient (Wildman–Crippen LogP) is 2.19. The zero-order valence-corrected chi connectivity index (χ0v) is 13.8. The first-order valence-corrected chi connectivity index (χ1v) is 7.87. The topological polar surface area (TPSA) is 63.0 Å². The second-order valence-corrected chi connectivity index (χ2v) is 5.75. The molecule has 0 N–H and O–H groups in total. The van der Waals surface area contributed by atoms with Crippen LogP contribution >= 0.6 is 0 Å². The molecule has 0 saturated carbocycles. The standard InChI is InChI=1S/C18H20N2O4/c1-13-7-12-24-16(13)18(22)20-10-8-19(9-11-20)17(21)14-3-5-15(23-2)6-4-14/h3-7,12H,8-11H2,1-2H3. The summed E-state index contributed by atoms with van der Waals surface area (Å²) >= 11 is 0. The number of hydrogen-bond acceptors (Lipinski definition) is 4. The Hall–Kier alpha value is -2.76. The van der Waals surface area contributed by atoms with E-state index in [4.69, 9.17) is 9.15 Å². The predicted molar refractivity (Wildman–Crippen MR) is 88.2 cm³/mol. The summed E-state index contributed by atoms with van der Waals surface area (Å²) in [7, 11) is 1.59. The number of furan rings is 1. The van der Waals surface area contributed by atoms with E-state index < -0.39 is 0 Å². The van der Waals surface area contributed by atoms with Crippen LogP contribution in [0.5, 0.6) is 5.75 Å². The minimum atomic E-state index is -0.117. The molecule has 6 heteroatoms. The first-order chi connectivity index (χ1) is 11.6. The number of nitrogens with zero attached hydrogens (tertiary/aromatic N) is 2. The van der Waals surface area contributed by atoms with Crippen molar-refractivity contribution in [2.75, 3.05) is 33.3 Å². The molecular weight excluding hydrogens is 308 g/mol. The Morgan fingerprint density at radius 1 is 0.958 bits per heavy atom. The molecule has 0 bridgehead atoms. The molecule has 0 atom stereocenters. The highest BCUT2D eigenvalue weighted by Crippen LogP contribution is 2.16. The number of ether oxygens (including phenoxy) is 1. The lowest BCUT2D eigenvalue weighted by molar-refractivity contribution is 0.0517. The first-order valence-electron chi connectivity index (χ1n) is 7.87. The van der Waals surface area contributed by atoms with Crippen LogP contribution in [0.25, 0.3) is 0 Å². The molecule has 1 fully saturated rings. The molecule has 0 spiro atoms. The number of aryl methyl sites for hydroxylation is 1. The minimum absolute atomic E-state index is 0.0288. The smallest absolute Gasteiger partial charge is 0.289 e. The third kappa shape index (κ3) is 3.13. The van der Waals surface area contributed by atoms with Gasteiger partial charge in [0.1, 0.15) is 5.75 Å². The molecule has 126 valence electrons.